The maximum absolute atomic E-state index is 11.8. The molecule has 0 unspecified atom stereocenters. The summed E-state index contributed by atoms with van der Waals surface area (Å²) >= 11 is 0. The number of esters is 1. The van der Waals surface area contributed by atoms with Gasteiger partial charge in [0, 0.05) is 6.54 Å². The summed E-state index contributed by atoms with van der Waals surface area (Å²) in [6.45, 7) is 5.00. The number of carbonyl (C=O) groups is 3. The molecule has 0 spiro atoms. The summed E-state index contributed by atoms with van der Waals surface area (Å²) in [5.74, 6) is -0.875. The van der Waals surface area contributed by atoms with Crippen LogP contribution in [0.15, 0.2) is 30.3 Å². The molecule has 2 N–H and O–H groups in total. The van der Waals surface area contributed by atoms with Crippen molar-refractivity contribution >= 4 is 17.9 Å². The van der Waals surface area contributed by atoms with Gasteiger partial charge >= 0.3 is 12.0 Å². The van der Waals surface area contributed by atoms with Gasteiger partial charge in [-0.15, -0.1) is 0 Å². The van der Waals surface area contributed by atoms with E-state index in [-0.39, 0.29) is 0 Å². The fraction of sp³-hybridized carbons (Fsp3) is 0.400. The zero-order valence-electron chi connectivity index (χ0n) is 12.8. The van der Waals surface area contributed by atoms with Crippen molar-refractivity contribution < 1.29 is 23.9 Å². The Hall–Kier alpha value is -2.57. The molecule has 7 heteroatoms. The molecule has 3 amide bonds. The molecule has 0 aliphatic heterocycles. The first-order valence-corrected chi connectivity index (χ1v) is 6.95. The quantitative estimate of drug-likeness (QED) is 0.771. The Bertz CT molecular complexity index is 518. The van der Waals surface area contributed by atoms with Gasteiger partial charge in [-0.3, -0.25) is 10.1 Å². The van der Waals surface area contributed by atoms with Gasteiger partial charge in [0.25, 0.3) is 5.91 Å². The Kier molecular flexibility index (Phi) is 6.88. The number of carbonyl (C=O) groups excluding carboxylic acids is 3. The summed E-state index contributed by atoms with van der Waals surface area (Å²) in [6, 6.07) is 8.14. The smallest absolute Gasteiger partial charge is 0.347 e. The van der Waals surface area contributed by atoms with Gasteiger partial charge in [0.2, 0.25) is 0 Å². The molecule has 0 saturated carbocycles. The Morgan fingerprint density at radius 3 is 2.32 bits per heavy atom. The average molecular weight is 308 g/mol. The van der Waals surface area contributed by atoms with Gasteiger partial charge in [0.1, 0.15) is 5.75 Å². The molecule has 0 aromatic heterocycles. The number of imide groups is 1. The minimum Gasteiger partial charge on any atom is -0.479 e. The highest BCUT2D eigenvalue weighted by atomic mass is 16.6. The molecule has 1 aromatic carbocycles. The van der Waals surface area contributed by atoms with E-state index in [0.29, 0.717) is 12.3 Å². The van der Waals surface area contributed by atoms with E-state index in [9.17, 15) is 14.4 Å². The van der Waals surface area contributed by atoms with Crippen LogP contribution in [0.25, 0.3) is 0 Å². The van der Waals surface area contributed by atoms with E-state index in [2.05, 4.69) is 10.6 Å². The molecule has 0 fully saturated rings. The second-order valence-electron chi connectivity index (χ2n) is 4.50. The van der Waals surface area contributed by atoms with E-state index < -0.39 is 30.1 Å². The third-order valence-electron chi connectivity index (χ3n) is 2.62. The van der Waals surface area contributed by atoms with Gasteiger partial charge in [0.15, 0.2) is 12.2 Å². The van der Waals surface area contributed by atoms with Gasteiger partial charge in [-0.1, -0.05) is 18.2 Å². The Morgan fingerprint density at radius 2 is 1.73 bits per heavy atom. The van der Waals surface area contributed by atoms with Crippen LogP contribution in [-0.4, -0.2) is 36.7 Å². The van der Waals surface area contributed by atoms with Crippen LogP contribution >= 0.6 is 0 Å². The zero-order valence-corrected chi connectivity index (χ0v) is 12.8. The Morgan fingerprint density at radius 1 is 1.09 bits per heavy atom. The fourth-order valence-electron chi connectivity index (χ4n) is 1.49. The first-order chi connectivity index (χ1) is 10.4. The summed E-state index contributed by atoms with van der Waals surface area (Å²) in [4.78, 5) is 34.7. The van der Waals surface area contributed by atoms with Crippen LogP contribution in [0, 0.1) is 0 Å². The van der Waals surface area contributed by atoms with Crippen LogP contribution in [0.2, 0.25) is 0 Å². The summed E-state index contributed by atoms with van der Waals surface area (Å²) in [6.07, 6.45) is -1.97. The highest BCUT2D eigenvalue weighted by molar-refractivity contribution is 5.97. The molecular formula is C15H20N2O5. The number of para-hydroxylation sites is 1. The lowest BCUT2D eigenvalue weighted by molar-refractivity contribution is -0.160. The van der Waals surface area contributed by atoms with Crippen molar-refractivity contribution in [3.63, 3.8) is 0 Å². The average Bonchev–Trinajstić information content (AvgIpc) is 2.48. The van der Waals surface area contributed by atoms with E-state index in [1.165, 1.54) is 13.8 Å². The molecule has 0 saturated heterocycles. The lowest BCUT2D eigenvalue weighted by Gasteiger charge is -2.17. The van der Waals surface area contributed by atoms with Crippen LogP contribution in [0.3, 0.4) is 0 Å². The van der Waals surface area contributed by atoms with Gasteiger partial charge in [0.05, 0.1) is 0 Å². The minimum absolute atomic E-state index is 0.384. The van der Waals surface area contributed by atoms with Crippen LogP contribution in [0.1, 0.15) is 20.8 Å². The normalized spacial score (nSPS) is 12.7. The van der Waals surface area contributed by atoms with Crippen LogP contribution in [-0.2, 0) is 14.3 Å². The van der Waals surface area contributed by atoms with Crippen molar-refractivity contribution in [1.82, 2.24) is 10.6 Å². The fourth-order valence-corrected chi connectivity index (χ4v) is 1.49. The molecule has 0 bridgehead atoms. The monoisotopic (exact) mass is 308 g/mol. The predicted octanol–water partition coefficient (Wildman–Crippen LogP) is 1.23. The molecular weight excluding hydrogens is 288 g/mol. The summed E-state index contributed by atoms with van der Waals surface area (Å²) in [5, 5.41) is 4.47. The largest absolute Gasteiger partial charge is 0.479 e. The molecule has 1 aromatic rings. The lowest BCUT2D eigenvalue weighted by Crippen LogP contribution is -2.45. The van der Waals surface area contributed by atoms with E-state index in [0.717, 1.165) is 0 Å². The molecule has 7 nitrogen and oxygen atoms in total. The summed E-state index contributed by atoms with van der Waals surface area (Å²) in [5.41, 5.74) is 0. The summed E-state index contributed by atoms with van der Waals surface area (Å²) in [7, 11) is 0. The van der Waals surface area contributed by atoms with Crippen LogP contribution in [0.4, 0.5) is 4.79 Å². The van der Waals surface area contributed by atoms with Gasteiger partial charge in [-0.05, 0) is 32.9 Å². The molecule has 0 radical (unpaired) electrons. The number of ether oxygens (including phenoxy) is 2. The van der Waals surface area contributed by atoms with E-state index in [1.807, 2.05) is 6.07 Å². The topological polar surface area (TPSA) is 93.7 Å². The first kappa shape index (κ1) is 17.5. The second-order valence-corrected chi connectivity index (χ2v) is 4.50. The number of nitrogens with one attached hydrogen (secondary N) is 2. The molecule has 120 valence electrons. The SMILES string of the molecule is CCNC(=O)NC(=O)[C@H](C)OC(=O)[C@H](C)Oc1ccccc1. The first-order valence-electron chi connectivity index (χ1n) is 6.95. The zero-order chi connectivity index (χ0) is 16.5. The highest BCUT2D eigenvalue weighted by Gasteiger charge is 2.24. The van der Waals surface area contributed by atoms with Crippen molar-refractivity contribution in [2.45, 2.75) is 33.0 Å². The molecule has 0 aliphatic carbocycles. The maximum Gasteiger partial charge on any atom is 0.347 e. The minimum atomic E-state index is -1.10. The molecule has 0 heterocycles. The van der Waals surface area contributed by atoms with Crippen molar-refractivity contribution in [2.24, 2.45) is 0 Å². The van der Waals surface area contributed by atoms with Crippen molar-refractivity contribution in [3.8, 4) is 5.75 Å². The Balaban J connectivity index is 2.45. The number of urea groups is 1. The second kappa shape index (κ2) is 8.66. The van der Waals surface area contributed by atoms with Crippen molar-refractivity contribution in [3.05, 3.63) is 30.3 Å². The number of hydrogen-bond acceptors (Lipinski definition) is 5. The van der Waals surface area contributed by atoms with E-state index in [1.54, 1.807) is 31.2 Å². The molecule has 22 heavy (non-hydrogen) atoms. The molecule has 2 atom stereocenters. The number of rotatable bonds is 6. The van der Waals surface area contributed by atoms with Crippen LogP contribution in [0.5, 0.6) is 5.75 Å². The van der Waals surface area contributed by atoms with Gasteiger partial charge in [-0.25, -0.2) is 9.59 Å². The Labute approximate surface area is 129 Å². The number of amides is 3. The van der Waals surface area contributed by atoms with E-state index in [4.69, 9.17) is 9.47 Å². The number of benzene rings is 1. The number of hydrogen-bond donors (Lipinski definition) is 2. The molecule has 0 aliphatic rings. The third-order valence-corrected chi connectivity index (χ3v) is 2.62. The van der Waals surface area contributed by atoms with E-state index >= 15 is 0 Å². The predicted molar refractivity (Wildman–Crippen MR) is 79.3 cm³/mol. The lowest BCUT2D eigenvalue weighted by atomic mass is 10.3. The van der Waals surface area contributed by atoms with Crippen LogP contribution < -0.4 is 15.4 Å². The van der Waals surface area contributed by atoms with Gasteiger partial charge < -0.3 is 14.8 Å². The summed E-state index contributed by atoms with van der Waals surface area (Å²) < 4.78 is 10.4. The van der Waals surface area contributed by atoms with Crippen molar-refractivity contribution in [1.29, 1.82) is 0 Å². The van der Waals surface area contributed by atoms with Crippen molar-refractivity contribution in [2.75, 3.05) is 6.54 Å². The van der Waals surface area contributed by atoms with Gasteiger partial charge in [-0.2, -0.15) is 0 Å². The maximum atomic E-state index is 11.8. The highest BCUT2D eigenvalue weighted by Crippen LogP contribution is 2.11. The standard InChI is InChI=1S/C15H20N2O5/c1-4-16-15(20)17-13(18)10(2)22-14(19)11(3)21-12-8-6-5-7-9-12/h5-11H,4H2,1-3H3,(H2,16,17,18,20)/t10-,11-/m0/s1. The molecule has 1 rings (SSSR count). The third kappa shape index (κ3) is 5.82.